The standard InChI is InChI=1S/C22H25N3O5/c1-12-18(13(2)30-24-12)20(27)25-16-8-4-3-6-14(16)19(15-7-5-9-17(15)25)22(23,10-11-26)21(28)29/h3-4,6,8,11,15,17,19H,5,7,9-10,23H2,1-2H3,(H,28,29). The summed E-state index contributed by atoms with van der Waals surface area (Å²) in [5.74, 6) is -1.69. The Bertz CT molecular complexity index is 996. The predicted molar refractivity (Wildman–Crippen MR) is 108 cm³/mol. The normalized spacial score (nSPS) is 24.6. The van der Waals surface area contributed by atoms with Crippen molar-refractivity contribution < 1.29 is 24.0 Å². The van der Waals surface area contributed by atoms with Crippen molar-refractivity contribution in [3.63, 3.8) is 0 Å². The minimum atomic E-state index is -1.73. The summed E-state index contributed by atoms with van der Waals surface area (Å²) in [4.78, 5) is 39.0. The van der Waals surface area contributed by atoms with E-state index in [2.05, 4.69) is 5.16 Å². The third-order valence-electron chi connectivity index (χ3n) is 6.66. The fraction of sp³-hybridized carbons (Fsp3) is 0.455. The second kappa shape index (κ2) is 7.36. The SMILES string of the molecule is Cc1noc(C)c1C(=O)N1c2ccccc2C(C(N)(CC=O)C(=O)O)C2CCCC21. The summed E-state index contributed by atoms with van der Waals surface area (Å²) >= 11 is 0. The number of carbonyl (C=O) groups is 3. The number of nitrogens with zero attached hydrogens (tertiary/aromatic N) is 2. The molecule has 4 atom stereocenters. The molecule has 1 aromatic heterocycles. The number of aldehydes is 1. The van der Waals surface area contributed by atoms with Gasteiger partial charge in [0.25, 0.3) is 5.91 Å². The van der Waals surface area contributed by atoms with Crippen LogP contribution in [0.3, 0.4) is 0 Å². The molecule has 0 spiro atoms. The number of rotatable bonds is 5. The molecule has 2 aliphatic rings. The van der Waals surface area contributed by atoms with Gasteiger partial charge in [-0.3, -0.25) is 9.59 Å². The van der Waals surface area contributed by atoms with Gasteiger partial charge in [-0.2, -0.15) is 0 Å². The summed E-state index contributed by atoms with van der Waals surface area (Å²) in [6.45, 7) is 3.44. The van der Waals surface area contributed by atoms with E-state index in [-0.39, 0.29) is 24.3 Å². The van der Waals surface area contributed by atoms with E-state index in [0.29, 0.717) is 34.6 Å². The number of carboxylic acids is 1. The minimum absolute atomic E-state index is 0.162. The second-order valence-electron chi connectivity index (χ2n) is 8.29. The summed E-state index contributed by atoms with van der Waals surface area (Å²) in [5, 5.41) is 13.9. The highest BCUT2D eigenvalue weighted by atomic mass is 16.5. The van der Waals surface area contributed by atoms with E-state index < -0.39 is 17.4 Å². The van der Waals surface area contributed by atoms with Crippen molar-refractivity contribution in [3.05, 3.63) is 46.8 Å². The number of nitrogens with two attached hydrogens (primary N) is 1. The molecule has 8 nitrogen and oxygen atoms in total. The fourth-order valence-corrected chi connectivity index (χ4v) is 5.37. The number of fused-ring (bicyclic) bond motifs is 2. The lowest BCUT2D eigenvalue weighted by atomic mass is 9.66. The Kier molecular flexibility index (Phi) is 4.97. The van der Waals surface area contributed by atoms with Crippen LogP contribution >= 0.6 is 0 Å². The van der Waals surface area contributed by atoms with Crippen LogP contribution in [0.25, 0.3) is 0 Å². The van der Waals surface area contributed by atoms with Gasteiger partial charge >= 0.3 is 5.97 Å². The van der Waals surface area contributed by atoms with Crippen LogP contribution in [0.15, 0.2) is 28.8 Å². The molecule has 2 aromatic rings. The maximum Gasteiger partial charge on any atom is 0.324 e. The average molecular weight is 411 g/mol. The molecule has 0 saturated heterocycles. The van der Waals surface area contributed by atoms with Crippen LogP contribution in [0.5, 0.6) is 0 Å². The molecule has 1 saturated carbocycles. The van der Waals surface area contributed by atoms with Gasteiger partial charge in [-0.15, -0.1) is 0 Å². The van der Waals surface area contributed by atoms with Crippen molar-refractivity contribution in [3.8, 4) is 0 Å². The topological polar surface area (TPSA) is 127 Å². The van der Waals surface area contributed by atoms with Gasteiger partial charge in [0.05, 0.1) is 5.69 Å². The van der Waals surface area contributed by atoms with Crippen LogP contribution in [0.1, 0.15) is 59.0 Å². The van der Waals surface area contributed by atoms with Gasteiger partial charge in [0.15, 0.2) is 0 Å². The summed E-state index contributed by atoms with van der Waals surface area (Å²) in [6, 6.07) is 7.05. The van der Waals surface area contributed by atoms with E-state index in [1.54, 1.807) is 18.7 Å². The first-order valence-corrected chi connectivity index (χ1v) is 10.1. The molecule has 4 rings (SSSR count). The molecule has 158 valence electrons. The third-order valence-corrected chi connectivity index (χ3v) is 6.66. The van der Waals surface area contributed by atoms with Crippen molar-refractivity contribution in [1.82, 2.24) is 5.16 Å². The van der Waals surface area contributed by atoms with E-state index in [0.717, 1.165) is 19.3 Å². The van der Waals surface area contributed by atoms with Crippen molar-refractivity contribution in [2.75, 3.05) is 4.90 Å². The van der Waals surface area contributed by atoms with Gasteiger partial charge in [0.1, 0.15) is 23.1 Å². The molecule has 1 amide bonds. The highest BCUT2D eigenvalue weighted by Gasteiger charge is 2.55. The summed E-state index contributed by atoms with van der Waals surface area (Å²) in [6.07, 6.45) is 2.61. The van der Waals surface area contributed by atoms with Crippen molar-refractivity contribution in [1.29, 1.82) is 0 Å². The highest BCUT2D eigenvalue weighted by Crippen LogP contribution is 2.53. The molecule has 1 aliphatic heterocycles. The van der Waals surface area contributed by atoms with Crippen LogP contribution in [0.4, 0.5) is 5.69 Å². The number of hydrogen-bond donors (Lipinski definition) is 2. The Morgan fingerprint density at radius 3 is 2.70 bits per heavy atom. The highest BCUT2D eigenvalue weighted by molar-refractivity contribution is 6.08. The number of aliphatic carboxylic acids is 1. The molecule has 1 aliphatic carbocycles. The zero-order chi connectivity index (χ0) is 21.6. The van der Waals surface area contributed by atoms with Gasteiger partial charge in [-0.25, -0.2) is 0 Å². The first kappa shape index (κ1) is 20.3. The van der Waals surface area contributed by atoms with Crippen LogP contribution in [-0.4, -0.2) is 40.0 Å². The average Bonchev–Trinajstić information content (AvgIpc) is 3.31. The Labute approximate surface area is 174 Å². The van der Waals surface area contributed by atoms with E-state index >= 15 is 0 Å². The van der Waals surface area contributed by atoms with Crippen molar-refractivity contribution >= 4 is 23.9 Å². The van der Waals surface area contributed by atoms with E-state index in [4.69, 9.17) is 10.3 Å². The Balaban J connectivity index is 1.90. The number of anilines is 1. The van der Waals surface area contributed by atoms with Gasteiger partial charge < -0.3 is 25.1 Å². The smallest absolute Gasteiger partial charge is 0.324 e. The van der Waals surface area contributed by atoms with Gasteiger partial charge in [0, 0.05) is 24.1 Å². The molecular weight excluding hydrogens is 386 g/mol. The lowest BCUT2D eigenvalue weighted by Gasteiger charge is -2.48. The number of amides is 1. The predicted octanol–water partition coefficient (Wildman–Crippen LogP) is 2.58. The maximum atomic E-state index is 13.6. The van der Waals surface area contributed by atoms with Crippen LogP contribution in [-0.2, 0) is 9.59 Å². The minimum Gasteiger partial charge on any atom is -0.480 e. The number of para-hydroxylation sites is 1. The quantitative estimate of drug-likeness (QED) is 0.724. The fourth-order valence-electron chi connectivity index (χ4n) is 5.37. The van der Waals surface area contributed by atoms with Gasteiger partial charge in [0.2, 0.25) is 0 Å². The largest absolute Gasteiger partial charge is 0.480 e. The van der Waals surface area contributed by atoms with Crippen LogP contribution in [0, 0.1) is 19.8 Å². The Morgan fingerprint density at radius 2 is 2.07 bits per heavy atom. The number of carboxylic acid groups (broad SMARTS) is 1. The maximum absolute atomic E-state index is 13.6. The lowest BCUT2D eigenvalue weighted by Crippen LogP contribution is -2.60. The Hall–Kier alpha value is -3.00. The number of carbonyl (C=O) groups excluding carboxylic acids is 2. The first-order valence-electron chi connectivity index (χ1n) is 10.1. The molecule has 4 unspecified atom stereocenters. The Morgan fingerprint density at radius 1 is 1.33 bits per heavy atom. The van der Waals surface area contributed by atoms with E-state index in [1.807, 2.05) is 24.3 Å². The van der Waals surface area contributed by atoms with Gasteiger partial charge in [-0.05, 0) is 44.2 Å². The van der Waals surface area contributed by atoms with Gasteiger partial charge in [-0.1, -0.05) is 29.8 Å². The molecule has 0 radical (unpaired) electrons. The molecule has 0 bridgehead atoms. The van der Waals surface area contributed by atoms with Crippen molar-refractivity contribution in [2.24, 2.45) is 11.7 Å². The first-order chi connectivity index (χ1) is 14.3. The van der Waals surface area contributed by atoms with Crippen molar-refractivity contribution in [2.45, 2.75) is 57.0 Å². The molecule has 1 aromatic carbocycles. The number of aromatic nitrogens is 1. The summed E-state index contributed by atoms with van der Waals surface area (Å²) in [7, 11) is 0. The van der Waals surface area contributed by atoms with Crippen LogP contribution < -0.4 is 10.6 Å². The number of benzene rings is 1. The summed E-state index contributed by atoms with van der Waals surface area (Å²) < 4.78 is 5.21. The molecule has 8 heteroatoms. The summed E-state index contributed by atoms with van der Waals surface area (Å²) in [5.41, 5.74) is 6.94. The second-order valence-corrected chi connectivity index (χ2v) is 8.29. The molecule has 3 N–H and O–H groups in total. The molecular formula is C22H25N3O5. The number of aryl methyl sites for hydroxylation is 2. The molecule has 2 heterocycles. The number of hydrogen-bond acceptors (Lipinski definition) is 6. The van der Waals surface area contributed by atoms with E-state index in [9.17, 15) is 19.5 Å². The van der Waals surface area contributed by atoms with Crippen LogP contribution in [0.2, 0.25) is 0 Å². The zero-order valence-electron chi connectivity index (χ0n) is 17.0. The lowest BCUT2D eigenvalue weighted by molar-refractivity contribution is -0.146. The van der Waals surface area contributed by atoms with E-state index in [1.165, 1.54) is 0 Å². The third kappa shape index (κ3) is 2.86. The zero-order valence-corrected chi connectivity index (χ0v) is 17.0. The molecule has 1 fully saturated rings. The monoisotopic (exact) mass is 411 g/mol. The molecule has 30 heavy (non-hydrogen) atoms.